The second-order valence-corrected chi connectivity index (χ2v) is 2.83. The first-order valence-corrected chi connectivity index (χ1v) is 4.14. The van der Waals surface area contributed by atoms with Crippen molar-refractivity contribution in [3.63, 3.8) is 0 Å². The Hall–Kier alpha value is -1.09. The lowest BCUT2D eigenvalue weighted by molar-refractivity contribution is 0.455. The lowest BCUT2D eigenvalue weighted by Crippen LogP contribution is -2.09. The van der Waals surface area contributed by atoms with Crippen LogP contribution < -0.4 is 5.73 Å². The van der Waals surface area contributed by atoms with Crippen LogP contribution in [0.1, 0.15) is 31.4 Å². The van der Waals surface area contributed by atoms with Crippen LogP contribution in [0, 0.1) is 0 Å². The van der Waals surface area contributed by atoms with Gasteiger partial charge in [-0.2, -0.15) is 0 Å². The van der Waals surface area contributed by atoms with Crippen molar-refractivity contribution < 1.29 is 5.11 Å². The van der Waals surface area contributed by atoms with Gasteiger partial charge >= 0.3 is 0 Å². The standard InChI is InChI=1S/C9H14N2O/c1-2-3-8(10)7-4-5-11-6-9(7)12/h4-6,8,12H,2-3,10H2,1H3/t8-/m0/s1. The average Bonchev–Trinajstić information content (AvgIpc) is 2.05. The van der Waals surface area contributed by atoms with Crippen molar-refractivity contribution in [3.05, 3.63) is 24.0 Å². The van der Waals surface area contributed by atoms with Gasteiger partial charge < -0.3 is 10.8 Å². The quantitative estimate of drug-likeness (QED) is 0.716. The van der Waals surface area contributed by atoms with E-state index in [0.29, 0.717) is 0 Å². The normalized spacial score (nSPS) is 12.8. The van der Waals surface area contributed by atoms with Crippen LogP contribution in [-0.4, -0.2) is 10.1 Å². The van der Waals surface area contributed by atoms with Gasteiger partial charge in [0.2, 0.25) is 0 Å². The first kappa shape index (κ1) is 9.00. The lowest BCUT2D eigenvalue weighted by atomic mass is 10.0. The summed E-state index contributed by atoms with van der Waals surface area (Å²) in [6.45, 7) is 2.07. The van der Waals surface area contributed by atoms with Gasteiger partial charge in [0.15, 0.2) is 0 Å². The Balaban J connectivity index is 2.79. The van der Waals surface area contributed by atoms with Crippen molar-refractivity contribution in [2.75, 3.05) is 0 Å². The van der Waals surface area contributed by atoms with Crippen LogP contribution in [0.15, 0.2) is 18.5 Å². The molecule has 66 valence electrons. The molecule has 0 aliphatic carbocycles. The van der Waals surface area contributed by atoms with Crippen LogP contribution in [0.25, 0.3) is 0 Å². The van der Waals surface area contributed by atoms with E-state index in [1.807, 2.05) is 0 Å². The van der Waals surface area contributed by atoms with Crippen molar-refractivity contribution in [3.8, 4) is 5.75 Å². The number of hydrogen-bond acceptors (Lipinski definition) is 3. The average molecular weight is 166 g/mol. The van der Waals surface area contributed by atoms with Crippen molar-refractivity contribution in [1.82, 2.24) is 4.98 Å². The molecule has 1 heterocycles. The maximum Gasteiger partial charge on any atom is 0.138 e. The van der Waals surface area contributed by atoms with E-state index in [1.54, 1.807) is 12.3 Å². The van der Waals surface area contributed by atoms with Gasteiger partial charge in [-0.3, -0.25) is 4.98 Å². The Bertz CT molecular complexity index is 250. The van der Waals surface area contributed by atoms with Gasteiger partial charge in [-0.15, -0.1) is 0 Å². The van der Waals surface area contributed by atoms with E-state index in [1.165, 1.54) is 6.20 Å². The molecule has 0 fully saturated rings. The fourth-order valence-electron chi connectivity index (χ4n) is 1.18. The van der Waals surface area contributed by atoms with E-state index in [-0.39, 0.29) is 11.8 Å². The Morgan fingerprint density at radius 3 is 3.00 bits per heavy atom. The molecule has 1 atom stereocenters. The van der Waals surface area contributed by atoms with Crippen LogP contribution in [0.5, 0.6) is 5.75 Å². The van der Waals surface area contributed by atoms with Crippen LogP contribution in [0.2, 0.25) is 0 Å². The topological polar surface area (TPSA) is 59.1 Å². The zero-order valence-corrected chi connectivity index (χ0v) is 7.20. The predicted octanol–water partition coefficient (Wildman–Crippen LogP) is 1.59. The molecule has 1 rings (SSSR count). The summed E-state index contributed by atoms with van der Waals surface area (Å²) in [6.07, 6.45) is 4.97. The van der Waals surface area contributed by atoms with Crippen molar-refractivity contribution in [1.29, 1.82) is 0 Å². The molecule has 0 amide bonds. The summed E-state index contributed by atoms with van der Waals surface area (Å²) in [4.78, 5) is 3.78. The van der Waals surface area contributed by atoms with E-state index < -0.39 is 0 Å². The summed E-state index contributed by atoms with van der Waals surface area (Å²) in [6, 6.07) is 1.69. The summed E-state index contributed by atoms with van der Waals surface area (Å²) in [7, 11) is 0. The first-order chi connectivity index (χ1) is 5.75. The van der Waals surface area contributed by atoms with Crippen LogP contribution in [0.4, 0.5) is 0 Å². The fraction of sp³-hybridized carbons (Fsp3) is 0.444. The number of nitrogens with two attached hydrogens (primary N) is 1. The second-order valence-electron chi connectivity index (χ2n) is 2.83. The first-order valence-electron chi connectivity index (χ1n) is 4.14. The summed E-state index contributed by atoms with van der Waals surface area (Å²) in [5.41, 5.74) is 6.60. The largest absolute Gasteiger partial charge is 0.506 e. The highest BCUT2D eigenvalue weighted by Gasteiger charge is 2.08. The molecule has 3 N–H and O–H groups in total. The van der Waals surface area contributed by atoms with E-state index >= 15 is 0 Å². The van der Waals surface area contributed by atoms with E-state index in [4.69, 9.17) is 5.73 Å². The van der Waals surface area contributed by atoms with E-state index in [0.717, 1.165) is 18.4 Å². The molecular formula is C9H14N2O. The van der Waals surface area contributed by atoms with Gasteiger partial charge in [-0.25, -0.2) is 0 Å². The summed E-state index contributed by atoms with van der Waals surface area (Å²) in [5.74, 6) is 0.193. The van der Waals surface area contributed by atoms with Gasteiger partial charge in [0.25, 0.3) is 0 Å². The third kappa shape index (κ3) is 1.95. The van der Waals surface area contributed by atoms with Crippen LogP contribution in [-0.2, 0) is 0 Å². The molecule has 0 radical (unpaired) electrons. The van der Waals surface area contributed by atoms with Crippen molar-refractivity contribution in [2.45, 2.75) is 25.8 Å². The molecule has 0 bridgehead atoms. The SMILES string of the molecule is CCC[C@H](N)c1ccncc1O. The summed E-state index contributed by atoms with van der Waals surface area (Å²) >= 11 is 0. The predicted molar refractivity (Wildman–Crippen MR) is 47.7 cm³/mol. The molecule has 3 heteroatoms. The number of hydrogen-bond donors (Lipinski definition) is 2. The molecule has 0 unspecified atom stereocenters. The van der Waals surface area contributed by atoms with Crippen molar-refractivity contribution in [2.24, 2.45) is 5.73 Å². The van der Waals surface area contributed by atoms with Gasteiger partial charge in [0.1, 0.15) is 5.75 Å². The third-order valence-corrected chi connectivity index (χ3v) is 1.83. The second kappa shape index (κ2) is 4.07. The Morgan fingerprint density at radius 2 is 2.42 bits per heavy atom. The van der Waals surface area contributed by atoms with E-state index in [9.17, 15) is 5.11 Å². The lowest BCUT2D eigenvalue weighted by Gasteiger charge is -2.11. The fourth-order valence-corrected chi connectivity index (χ4v) is 1.18. The zero-order chi connectivity index (χ0) is 8.97. The Morgan fingerprint density at radius 1 is 1.67 bits per heavy atom. The monoisotopic (exact) mass is 166 g/mol. The van der Waals surface area contributed by atoms with Crippen LogP contribution >= 0.6 is 0 Å². The summed E-state index contributed by atoms with van der Waals surface area (Å²) < 4.78 is 0. The molecule has 1 aromatic rings. The Kier molecular flexibility index (Phi) is 3.05. The third-order valence-electron chi connectivity index (χ3n) is 1.83. The van der Waals surface area contributed by atoms with E-state index in [2.05, 4.69) is 11.9 Å². The zero-order valence-electron chi connectivity index (χ0n) is 7.20. The molecule has 0 aliphatic rings. The number of rotatable bonds is 3. The highest BCUT2D eigenvalue weighted by Crippen LogP contribution is 2.23. The maximum absolute atomic E-state index is 9.37. The molecule has 0 aromatic carbocycles. The minimum Gasteiger partial charge on any atom is -0.506 e. The van der Waals surface area contributed by atoms with Gasteiger partial charge in [0, 0.05) is 17.8 Å². The maximum atomic E-state index is 9.37. The number of aromatic nitrogens is 1. The minimum atomic E-state index is -0.0713. The number of nitrogens with zero attached hydrogens (tertiary/aromatic N) is 1. The number of aromatic hydroxyl groups is 1. The minimum absolute atomic E-state index is 0.0713. The summed E-state index contributed by atoms with van der Waals surface area (Å²) in [5, 5.41) is 9.37. The molecule has 0 saturated heterocycles. The van der Waals surface area contributed by atoms with Gasteiger partial charge in [-0.1, -0.05) is 13.3 Å². The Labute approximate surface area is 72.2 Å². The smallest absolute Gasteiger partial charge is 0.138 e. The van der Waals surface area contributed by atoms with Gasteiger partial charge in [-0.05, 0) is 12.5 Å². The highest BCUT2D eigenvalue weighted by atomic mass is 16.3. The molecule has 1 aromatic heterocycles. The molecular weight excluding hydrogens is 152 g/mol. The molecule has 0 aliphatic heterocycles. The number of pyridine rings is 1. The van der Waals surface area contributed by atoms with Gasteiger partial charge in [0.05, 0.1) is 6.20 Å². The molecule has 0 saturated carbocycles. The van der Waals surface area contributed by atoms with Crippen molar-refractivity contribution >= 4 is 0 Å². The van der Waals surface area contributed by atoms with Crippen LogP contribution in [0.3, 0.4) is 0 Å². The molecule has 0 spiro atoms. The molecule has 3 nitrogen and oxygen atoms in total. The molecule has 12 heavy (non-hydrogen) atoms. The highest BCUT2D eigenvalue weighted by molar-refractivity contribution is 5.30.